The molecule has 0 saturated carbocycles. The molecule has 1 unspecified atom stereocenters. The fraction of sp³-hybridized carbons (Fsp3) is 0.267. The first kappa shape index (κ1) is 16.1. The average Bonchev–Trinajstić information content (AvgIpc) is 2.91. The largest absolute Gasteiger partial charge is 0.340 e. The van der Waals surface area contributed by atoms with E-state index in [1.807, 2.05) is 0 Å². The normalized spacial score (nSPS) is 16.6. The molecule has 0 fully saturated rings. The summed E-state index contributed by atoms with van der Waals surface area (Å²) in [5, 5.41) is 16.8. The summed E-state index contributed by atoms with van der Waals surface area (Å²) in [6.07, 6.45) is 0.266. The minimum absolute atomic E-state index is 0.0767. The molecule has 1 aliphatic rings. The SMILES string of the molecule is Cc1nnc(NC(=O)CCC2NC(=O)c3ccccc3NC2=O)s1. The Labute approximate surface area is 141 Å². The maximum Gasteiger partial charge on any atom is 0.254 e. The summed E-state index contributed by atoms with van der Waals surface area (Å²) in [5.41, 5.74) is 0.874. The van der Waals surface area contributed by atoms with E-state index < -0.39 is 6.04 Å². The molecule has 8 nitrogen and oxygen atoms in total. The Morgan fingerprint density at radius 3 is 2.83 bits per heavy atom. The molecule has 3 amide bonds. The Bertz CT molecular complexity index is 804. The Kier molecular flexibility index (Phi) is 4.52. The zero-order valence-corrected chi connectivity index (χ0v) is 13.6. The number of benzene rings is 1. The van der Waals surface area contributed by atoms with Crippen LogP contribution in [-0.2, 0) is 9.59 Å². The zero-order valence-electron chi connectivity index (χ0n) is 12.8. The lowest BCUT2D eigenvalue weighted by atomic mass is 10.1. The molecule has 124 valence electrons. The molecule has 9 heteroatoms. The Morgan fingerprint density at radius 1 is 1.29 bits per heavy atom. The quantitative estimate of drug-likeness (QED) is 0.773. The molecule has 0 aliphatic carbocycles. The van der Waals surface area contributed by atoms with Crippen LogP contribution in [0, 0.1) is 6.92 Å². The minimum Gasteiger partial charge on any atom is -0.340 e. The van der Waals surface area contributed by atoms with E-state index in [0.29, 0.717) is 16.4 Å². The molecule has 2 heterocycles. The van der Waals surface area contributed by atoms with E-state index in [-0.39, 0.29) is 30.6 Å². The van der Waals surface area contributed by atoms with E-state index in [1.165, 1.54) is 11.3 Å². The first-order valence-corrected chi connectivity index (χ1v) is 8.15. The molecule has 3 N–H and O–H groups in total. The van der Waals surface area contributed by atoms with Crippen molar-refractivity contribution in [2.24, 2.45) is 0 Å². The molecule has 0 bridgehead atoms. The second-order valence-corrected chi connectivity index (χ2v) is 6.46. The van der Waals surface area contributed by atoms with Crippen molar-refractivity contribution in [3.05, 3.63) is 34.8 Å². The van der Waals surface area contributed by atoms with E-state index >= 15 is 0 Å². The summed E-state index contributed by atoms with van der Waals surface area (Å²) < 4.78 is 0. The lowest BCUT2D eigenvalue weighted by Crippen LogP contribution is -2.41. The number of amides is 3. The number of nitrogens with one attached hydrogen (secondary N) is 3. The van der Waals surface area contributed by atoms with Crippen LogP contribution in [0.2, 0.25) is 0 Å². The van der Waals surface area contributed by atoms with Crippen molar-refractivity contribution in [1.29, 1.82) is 0 Å². The average molecular weight is 345 g/mol. The van der Waals surface area contributed by atoms with Gasteiger partial charge in [0, 0.05) is 6.42 Å². The van der Waals surface area contributed by atoms with Gasteiger partial charge in [-0.25, -0.2) is 0 Å². The first-order chi connectivity index (χ1) is 11.5. The summed E-state index contributed by atoms with van der Waals surface area (Å²) in [5.74, 6) is -0.961. The highest BCUT2D eigenvalue weighted by Crippen LogP contribution is 2.19. The number of nitrogens with zero attached hydrogens (tertiary/aromatic N) is 2. The number of aryl methyl sites for hydroxylation is 1. The standard InChI is InChI=1S/C15H15N5O3S/c1-8-19-20-15(24-8)18-12(21)7-6-11-14(23)16-10-5-3-2-4-9(10)13(22)17-11/h2-5,11H,6-7H2,1H3,(H,16,23)(H,17,22)(H,18,20,21). The number of carbonyl (C=O) groups is 3. The molecular weight excluding hydrogens is 330 g/mol. The van der Waals surface area contributed by atoms with E-state index in [4.69, 9.17) is 0 Å². The van der Waals surface area contributed by atoms with Crippen molar-refractivity contribution in [3.63, 3.8) is 0 Å². The third kappa shape index (κ3) is 3.57. The van der Waals surface area contributed by atoms with Gasteiger partial charge in [0.2, 0.25) is 16.9 Å². The summed E-state index contributed by atoms with van der Waals surface area (Å²) >= 11 is 1.27. The summed E-state index contributed by atoms with van der Waals surface area (Å²) in [4.78, 5) is 36.3. The number of para-hydroxylation sites is 1. The van der Waals surface area contributed by atoms with Crippen molar-refractivity contribution in [1.82, 2.24) is 15.5 Å². The third-order valence-corrected chi connectivity index (χ3v) is 4.24. The monoisotopic (exact) mass is 345 g/mol. The molecule has 0 saturated heterocycles. The van der Waals surface area contributed by atoms with Crippen molar-refractivity contribution >= 4 is 39.9 Å². The Hall–Kier alpha value is -2.81. The molecule has 1 aromatic carbocycles. The molecule has 0 radical (unpaired) electrons. The van der Waals surface area contributed by atoms with E-state index in [1.54, 1.807) is 31.2 Å². The molecular formula is C15H15N5O3S. The van der Waals surface area contributed by atoms with Crippen molar-refractivity contribution < 1.29 is 14.4 Å². The van der Waals surface area contributed by atoms with Gasteiger partial charge in [-0.2, -0.15) is 0 Å². The van der Waals surface area contributed by atoms with Crippen LogP contribution in [0.4, 0.5) is 10.8 Å². The predicted octanol–water partition coefficient (Wildman–Crippen LogP) is 1.32. The van der Waals surface area contributed by atoms with Gasteiger partial charge in [0.15, 0.2) is 0 Å². The number of aromatic nitrogens is 2. The number of fused-ring (bicyclic) bond motifs is 1. The fourth-order valence-electron chi connectivity index (χ4n) is 2.32. The van der Waals surface area contributed by atoms with Crippen molar-refractivity contribution in [2.75, 3.05) is 10.6 Å². The van der Waals surface area contributed by atoms with E-state index in [0.717, 1.165) is 5.01 Å². The van der Waals surface area contributed by atoms with Gasteiger partial charge in [-0.3, -0.25) is 14.4 Å². The second kappa shape index (κ2) is 6.75. The topological polar surface area (TPSA) is 113 Å². The van der Waals surface area contributed by atoms with Crippen LogP contribution in [0.1, 0.15) is 28.2 Å². The molecule has 24 heavy (non-hydrogen) atoms. The number of rotatable bonds is 4. The maximum atomic E-state index is 12.2. The maximum absolute atomic E-state index is 12.2. The van der Waals surface area contributed by atoms with Gasteiger partial charge < -0.3 is 16.0 Å². The Morgan fingerprint density at radius 2 is 2.08 bits per heavy atom. The molecule has 1 atom stereocenters. The molecule has 1 aliphatic heterocycles. The zero-order chi connectivity index (χ0) is 17.1. The van der Waals surface area contributed by atoms with Gasteiger partial charge in [-0.1, -0.05) is 23.5 Å². The van der Waals surface area contributed by atoms with Gasteiger partial charge >= 0.3 is 0 Å². The Balaban J connectivity index is 1.60. The highest BCUT2D eigenvalue weighted by molar-refractivity contribution is 7.15. The fourth-order valence-corrected chi connectivity index (χ4v) is 2.93. The minimum atomic E-state index is -0.771. The first-order valence-electron chi connectivity index (χ1n) is 7.33. The van der Waals surface area contributed by atoms with Crippen LogP contribution < -0.4 is 16.0 Å². The van der Waals surface area contributed by atoms with Crippen molar-refractivity contribution in [2.45, 2.75) is 25.8 Å². The van der Waals surface area contributed by atoms with Gasteiger partial charge in [0.05, 0.1) is 11.3 Å². The second-order valence-electron chi connectivity index (χ2n) is 5.27. The molecule has 1 aromatic heterocycles. The van der Waals surface area contributed by atoms with Crippen LogP contribution in [0.5, 0.6) is 0 Å². The van der Waals surface area contributed by atoms with Crippen LogP contribution in [0.25, 0.3) is 0 Å². The van der Waals surface area contributed by atoms with E-state index in [2.05, 4.69) is 26.1 Å². The number of carbonyl (C=O) groups excluding carboxylic acids is 3. The lowest BCUT2D eigenvalue weighted by Gasteiger charge is -2.13. The highest BCUT2D eigenvalue weighted by atomic mass is 32.1. The molecule has 3 rings (SSSR count). The highest BCUT2D eigenvalue weighted by Gasteiger charge is 2.27. The lowest BCUT2D eigenvalue weighted by molar-refractivity contribution is -0.118. The molecule has 2 aromatic rings. The summed E-state index contributed by atoms with van der Waals surface area (Å²) in [6, 6.07) is 6.00. The van der Waals surface area contributed by atoms with Gasteiger partial charge in [-0.05, 0) is 25.5 Å². The molecule has 0 spiro atoms. The number of hydrogen-bond acceptors (Lipinski definition) is 6. The predicted molar refractivity (Wildman–Crippen MR) is 88.8 cm³/mol. The van der Waals surface area contributed by atoms with Gasteiger partial charge in [0.25, 0.3) is 5.91 Å². The van der Waals surface area contributed by atoms with Crippen LogP contribution >= 0.6 is 11.3 Å². The summed E-state index contributed by atoms with van der Waals surface area (Å²) in [7, 11) is 0. The van der Waals surface area contributed by atoms with Gasteiger partial charge in [-0.15, -0.1) is 10.2 Å². The van der Waals surface area contributed by atoms with Crippen LogP contribution in [0.15, 0.2) is 24.3 Å². The van der Waals surface area contributed by atoms with Crippen LogP contribution in [-0.4, -0.2) is 34.0 Å². The van der Waals surface area contributed by atoms with Crippen molar-refractivity contribution in [3.8, 4) is 0 Å². The van der Waals surface area contributed by atoms with Crippen LogP contribution in [0.3, 0.4) is 0 Å². The smallest absolute Gasteiger partial charge is 0.254 e. The van der Waals surface area contributed by atoms with Gasteiger partial charge in [0.1, 0.15) is 11.0 Å². The summed E-state index contributed by atoms with van der Waals surface area (Å²) in [6.45, 7) is 1.79. The van der Waals surface area contributed by atoms with E-state index in [9.17, 15) is 14.4 Å². The number of hydrogen-bond donors (Lipinski definition) is 3. The third-order valence-electron chi connectivity index (χ3n) is 3.48. The number of anilines is 2.